The summed E-state index contributed by atoms with van der Waals surface area (Å²) in [5.74, 6) is 0.106. The lowest BCUT2D eigenvalue weighted by Crippen LogP contribution is -2.46. The van der Waals surface area contributed by atoms with Gasteiger partial charge in [0.15, 0.2) is 12.0 Å². The summed E-state index contributed by atoms with van der Waals surface area (Å²) >= 11 is 6.11. The number of anilines is 2. The summed E-state index contributed by atoms with van der Waals surface area (Å²) < 4.78 is 0. The van der Waals surface area contributed by atoms with E-state index in [1.807, 2.05) is 42.6 Å². The number of nitrogens with one attached hydrogen (secondary N) is 1. The van der Waals surface area contributed by atoms with Gasteiger partial charge in [-0.25, -0.2) is 4.98 Å². The van der Waals surface area contributed by atoms with Crippen LogP contribution in [0.25, 0.3) is 10.9 Å². The summed E-state index contributed by atoms with van der Waals surface area (Å²) in [6.45, 7) is 5.41. The molecule has 0 radical (unpaired) electrons. The molecule has 0 saturated carbocycles. The van der Waals surface area contributed by atoms with Crippen molar-refractivity contribution in [3.63, 3.8) is 0 Å². The molecule has 1 aromatic heterocycles. The topological polar surface area (TPSA) is 37.7 Å². The third kappa shape index (κ3) is 3.25. The molecule has 4 rings (SSSR count). The molecule has 132 valence electrons. The molecule has 0 spiro atoms. The molecule has 2 aromatic carbocycles. The van der Waals surface area contributed by atoms with Gasteiger partial charge in [-0.3, -0.25) is 4.79 Å². The van der Waals surface area contributed by atoms with E-state index in [2.05, 4.69) is 26.9 Å². The summed E-state index contributed by atoms with van der Waals surface area (Å²) in [6.07, 6.45) is 1.97. The Kier molecular flexibility index (Phi) is 4.51. The molecule has 1 N–H and O–H groups in total. The van der Waals surface area contributed by atoms with Crippen LogP contribution >= 0.6 is 11.6 Å². The van der Waals surface area contributed by atoms with E-state index >= 15 is 0 Å². The predicted molar refractivity (Wildman–Crippen MR) is 106 cm³/mol. The standard InChI is InChI=1S/C21H20ClN3O/c1-15(26)16-2-5-18(6-3-16)24-10-12-25(13-11-24)21-8-9-23-20-14-17(22)4-7-19(20)21/h2-9,14H,10-13H2,1H3/p+1. The molecule has 4 nitrogen and oxygen atoms in total. The first kappa shape index (κ1) is 16.9. The maximum absolute atomic E-state index is 11.4. The molecular weight excluding hydrogens is 346 g/mol. The van der Waals surface area contributed by atoms with E-state index in [0.29, 0.717) is 0 Å². The fraction of sp³-hybridized carbons (Fsp3) is 0.238. The van der Waals surface area contributed by atoms with Crippen LogP contribution < -0.4 is 14.8 Å². The molecule has 0 atom stereocenters. The van der Waals surface area contributed by atoms with E-state index in [-0.39, 0.29) is 5.78 Å². The minimum absolute atomic E-state index is 0.106. The average molecular weight is 367 g/mol. The second-order valence-corrected chi connectivity index (χ2v) is 7.07. The number of aromatic nitrogens is 1. The highest BCUT2D eigenvalue weighted by Gasteiger charge is 2.20. The number of benzene rings is 2. The number of fused-ring (bicyclic) bond motifs is 1. The Morgan fingerprint density at radius 1 is 0.962 bits per heavy atom. The van der Waals surface area contributed by atoms with E-state index < -0.39 is 0 Å². The van der Waals surface area contributed by atoms with E-state index in [0.717, 1.165) is 42.3 Å². The highest BCUT2D eigenvalue weighted by molar-refractivity contribution is 6.31. The Labute approximate surface area is 158 Å². The zero-order valence-corrected chi connectivity index (χ0v) is 15.5. The quantitative estimate of drug-likeness (QED) is 0.661. The van der Waals surface area contributed by atoms with Gasteiger partial charge < -0.3 is 9.80 Å². The SMILES string of the molecule is CC(=O)c1ccc(N2CCN(c3cc[nH+]c4cc(Cl)ccc34)CC2)cc1. The lowest BCUT2D eigenvalue weighted by atomic mass is 10.1. The van der Waals surface area contributed by atoms with Crippen molar-refractivity contribution in [2.75, 3.05) is 36.0 Å². The minimum atomic E-state index is 0.106. The second-order valence-electron chi connectivity index (χ2n) is 6.63. The molecule has 1 aliphatic heterocycles. The van der Waals surface area contributed by atoms with Crippen LogP contribution in [-0.2, 0) is 0 Å². The van der Waals surface area contributed by atoms with Crippen molar-refractivity contribution in [1.82, 2.24) is 0 Å². The van der Waals surface area contributed by atoms with Gasteiger partial charge in [0.25, 0.3) is 0 Å². The smallest absolute Gasteiger partial charge is 0.214 e. The molecule has 2 heterocycles. The lowest BCUT2D eigenvalue weighted by Gasteiger charge is -2.37. The van der Waals surface area contributed by atoms with Gasteiger partial charge >= 0.3 is 0 Å². The van der Waals surface area contributed by atoms with Crippen LogP contribution in [0.3, 0.4) is 0 Å². The lowest BCUT2D eigenvalue weighted by molar-refractivity contribution is -0.344. The van der Waals surface area contributed by atoms with Gasteiger partial charge in [0.05, 0.1) is 11.1 Å². The molecule has 1 fully saturated rings. The van der Waals surface area contributed by atoms with E-state index in [4.69, 9.17) is 11.6 Å². The predicted octanol–water partition coefficient (Wildman–Crippen LogP) is 3.84. The van der Waals surface area contributed by atoms with Crippen LogP contribution in [0.2, 0.25) is 5.02 Å². The number of nitrogens with zero attached hydrogens (tertiary/aromatic N) is 2. The highest BCUT2D eigenvalue weighted by Crippen LogP contribution is 2.27. The van der Waals surface area contributed by atoms with E-state index in [1.165, 1.54) is 16.8 Å². The molecule has 1 aliphatic rings. The van der Waals surface area contributed by atoms with Gasteiger partial charge in [-0.15, -0.1) is 0 Å². The van der Waals surface area contributed by atoms with Crippen LogP contribution in [0.1, 0.15) is 17.3 Å². The van der Waals surface area contributed by atoms with Gasteiger partial charge in [-0.05, 0) is 43.3 Å². The first-order chi connectivity index (χ1) is 12.6. The van der Waals surface area contributed by atoms with Crippen LogP contribution in [0.4, 0.5) is 11.4 Å². The molecule has 5 heteroatoms. The second kappa shape index (κ2) is 6.96. The number of carbonyl (C=O) groups is 1. The summed E-state index contributed by atoms with van der Waals surface area (Å²) in [6, 6.07) is 16.0. The average Bonchev–Trinajstić information content (AvgIpc) is 2.67. The maximum atomic E-state index is 11.4. The number of Topliss-reactive ketones (excluding diaryl/α,β-unsaturated/α-hetero) is 1. The number of carbonyl (C=O) groups excluding carboxylic acids is 1. The normalized spacial score (nSPS) is 14.7. The zero-order valence-electron chi connectivity index (χ0n) is 14.7. The van der Waals surface area contributed by atoms with Crippen molar-refractivity contribution in [2.24, 2.45) is 0 Å². The molecule has 3 aromatic rings. The Morgan fingerprint density at radius 3 is 2.35 bits per heavy atom. The van der Waals surface area contributed by atoms with Gasteiger partial charge in [0.2, 0.25) is 5.52 Å². The van der Waals surface area contributed by atoms with Crippen molar-refractivity contribution in [2.45, 2.75) is 6.92 Å². The van der Waals surface area contributed by atoms with Crippen LogP contribution in [0.5, 0.6) is 0 Å². The Balaban J connectivity index is 1.51. The monoisotopic (exact) mass is 366 g/mol. The van der Waals surface area contributed by atoms with Crippen molar-refractivity contribution < 1.29 is 9.78 Å². The Bertz CT molecular complexity index is 947. The fourth-order valence-electron chi connectivity index (χ4n) is 3.55. The Morgan fingerprint density at radius 2 is 1.65 bits per heavy atom. The van der Waals surface area contributed by atoms with E-state index in [9.17, 15) is 4.79 Å². The molecule has 1 saturated heterocycles. The van der Waals surface area contributed by atoms with E-state index in [1.54, 1.807) is 6.92 Å². The molecule has 0 amide bonds. The highest BCUT2D eigenvalue weighted by atomic mass is 35.5. The van der Waals surface area contributed by atoms with Crippen LogP contribution in [0.15, 0.2) is 54.7 Å². The van der Waals surface area contributed by atoms with Gasteiger partial charge in [-0.1, -0.05) is 11.6 Å². The van der Waals surface area contributed by atoms with Crippen molar-refractivity contribution in [1.29, 1.82) is 0 Å². The Hall–Kier alpha value is -2.59. The number of pyridine rings is 1. The van der Waals surface area contributed by atoms with Gasteiger partial charge in [-0.2, -0.15) is 0 Å². The third-order valence-corrected chi connectivity index (χ3v) is 5.23. The summed E-state index contributed by atoms with van der Waals surface area (Å²) in [7, 11) is 0. The number of hydrogen-bond acceptors (Lipinski definition) is 3. The number of halogens is 1. The minimum Gasteiger partial charge on any atom is -0.368 e. The van der Waals surface area contributed by atoms with Gasteiger partial charge in [0.1, 0.15) is 0 Å². The molecule has 0 bridgehead atoms. The number of hydrogen-bond donors (Lipinski definition) is 0. The van der Waals surface area contributed by atoms with Crippen LogP contribution in [0, 0.1) is 0 Å². The molecule has 0 aliphatic carbocycles. The summed E-state index contributed by atoms with van der Waals surface area (Å²) in [5, 5.41) is 1.93. The maximum Gasteiger partial charge on any atom is 0.214 e. The zero-order chi connectivity index (χ0) is 18.1. The number of aromatic amines is 1. The first-order valence-corrected chi connectivity index (χ1v) is 9.20. The van der Waals surface area contributed by atoms with Crippen molar-refractivity contribution >= 4 is 39.7 Å². The number of ketones is 1. The molecule has 26 heavy (non-hydrogen) atoms. The summed E-state index contributed by atoms with van der Waals surface area (Å²) in [4.78, 5) is 19.5. The van der Waals surface area contributed by atoms with Crippen molar-refractivity contribution in [3.05, 3.63) is 65.3 Å². The molecule has 0 unspecified atom stereocenters. The van der Waals surface area contributed by atoms with Crippen molar-refractivity contribution in [3.8, 4) is 0 Å². The largest absolute Gasteiger partial charge is 0.368 e. The molecular formula is C21H21ClN3O+. The number of piperazine rings is 1. The first-order valence-electron chi connectivity index (χ1n) is 8.83. The van der Waals surface area contributed by atoms with Crippen LogP contribution in [-0.4, -0.2) is 32.0 Å². The fourth-order valence-corrected chi connectivity index (χ4v) is 3.72. The number of H-pyrrole nitrogens is 1. The summed E-state index contributed by atoms with van der Waals surface area (Å²) in [5.41, 5.74) is 4.23. The number of rotatable bonds is 3. The van der Waals surface area contributed by atoms with Gasteiger partial charge in [0, 0.05) is 54.6 Å². The third-order valence-electron chi connectivity index (χ3n) is 5.00.